The summed E-state index contributed by atoms with van der Waals surface area (Å²) in [6.45, 7) is 1.68. The molecule has 2 rings (SSSR count). The maximum absolute atomic E-state index is 12.8. The summed E-state index contributed by atoms with van der Waals surface area (Å²) in [6.07, 6.45) is -9.64. The van der Waals surface area contributed by atoms with Crippen molar-refractivity contribution in [2.24, 2.45) is 0 Å². The predicted molar refractivity (Wildman–Crippen MR) is 73.9 cm³/mol. The molecule has 0 aromatic carbocycles. The van der Waals surface area contributed by atoms with Crippen LogP contribution in [0.5, 0.6) is 0 Å². The summed E-state index contributed by atoms with van der Waals surface area (Å²) < 4.78 is 77.2. The molecule has 2 aromatic heterocycles. The van der Waals surface area contributed by atoms with E-state index in [1.165, 1.54) is 13.8 Å². The van der Waals surface area contributed by atoms with E-state index in [1.54, 1.807) is 0 Å². The van der Waals surface area contributed by atoms with Crippen LogP contribution in [0.25, 0.3) is 0 Å². The lowest BCUT2D eigenvalue weighted by molar-refractivity contribution is -0.142. The Morgan fingerprint density at radius 3 is 2.20 bits per heavy atom. The summed E-state index contributed by atoms with van der Waals surface area (Å²) in [5.41, 5.74) is -3.54. The van der Waals surface area contributed by atoms with Crippen LogP contribution in [-0.4, -0.2) is 25.9 Å². The molecule has 2 aromatic rings. The van der Waals surface area contributed by atoms with E-state index in [0.717, 1.165) is 0 Å². The van der Waals surface area contributed by atoms with Gasteiger partial charge in [-0.1, -0.05) is 11.6 Å². The number of rotatable bonds is 3. The number of H-pyrrole nitrogens is 1. The second-order valence-corrected chi connectivity index (χ2v) is 5.40. The summed E-state index contributed by atoms with van der Waals surface area (Å²) >= 11 is 5.54. The van der Waals surface area contributed by atoms with Crippen LogP contribution in [0.2, 0.25) is 5.02 Å². The van der Waals surface area contributed by atoms with Crippen molar-refractivity contribution < 1.29 is 31.1 Å². The van der Waals surface area contributed by atoms with Gasteiger partial charge in [0.15, 0.2) is 11.4 Å². The molecule has 2 N–H and O–H groups in total. The molecule has 0 radical (unpaired) electrons. The first-order valence-corrected chi connectivity index (χ1v) is 6.92. The van der Waals surface area contributed by atoms with Gasteiger partial charge >= 0.3 is 12.4 Å². The third-order valence-electron chi connectivity index (χ3n) is 3.18. The number of carbonyl (C=O) groups excluding carboxylic acids is 1. The van der Waals surface area contributed by atoms with E-state index in [1.807, 2.05) is 5.32 Å². The summed E-state index contributed by atoms with van der Waals surface area (Å²) in [5.74, 6) is -1.02. The number of nitrogens with zero attached hydrogens (tertiary/aromatic N) is 3. The third-order valence-corrected chi connectivity index (χ3v) is 3.63. The molecular weight excluding hydrogens is 380 g/mol. The van der Waals surface area contributed by atoms with Gasteiger partial charge in [0.1, 0.15) is 6.54 Å². The van der Waals surface area contributed by atoms with Crippen LogP contribution < -0.4 is 5.32 Å². The largest absolute Gasteiger partial charge is 0.437 e. The van der Waals surface area contributed by atoms with Crippen LogP contribution >= 0.6 is 11.6 Å². The highest BCUT2D eigenvalue weighted by atomic mass is 35.5. The van der Waals surface area contributed by atoms with Crippen LogP contribution in [0.15, 0.2) is 0 Å². The summed E-state index contributed by atoms with van der Waals surface area (Å²) in [7, 11) is 0. The second kappa shape index (κ2) is 6.24. The summed E-state index contributed by atoms with van der Waals surface area (Å²) in [4.78, 5) is 11.9. The van der Waals surface area contributed by atoms with Gasteiger partial charge in [-0.05, 0) is 13.8 Å². The van der Waals surface area contributed by atoms with E-state index < -0.39 is 46.9 Å². The number of hydrogen-bond donors (Lipinski definition) is 2. The molecule has 0 aliphatic carbocycles. The minimum Gasteiger partial charge on any atom is -0.321 e. The average Bonchev–Trinajstić information content (AvgIpc) is 2.93. The van der Waals surface area contributed by atoms with Gasteiger partial charge in [-0.2, -0.15) is 36.5 Å². The fraction of sp³-hybridized carbons (Fsp3) is 0.417. The van der Waals surface area contributed by atoms with E-state index in [4.69, 9.17) is 11.6 Å². The highest BCUT2D eigenvalue weighted by Gasteiger charge is 2.39. The Balaban J connectivity index is 2.24. The van der Waals surface area contributed by atoms with Crippen molar-refractivity contribution in [3.8, 4) is 0 Å². The number of anilines is 1. The zero-order valence-corrected chi connectivity index (χ0v) is 13.4. The van der Waals surface area contributed by atoms with Gasteiger partial charge in [0.05, 0.1) is 22.1 Å². The molecule has 0 atom stereocenters. The Bertz CT molecular complexity index is 806. The molecule has 25 heavy (non-hydrogen) atoms. The lowest BCUT2D eigenvalue weighted by atomic mass is 10.3. The monoisotopic (exact) mass is 389 g/mol. The van der Waals surface area contributed by atoms with Gasteiger partial charge in [0.2, 0.25) is 5.91 Å². The zero-order valence-electron chi connectivity index (χ0n) is 12.6. The summed E-state index contributed by atoms with van der Waals surface area (Å²) in [5, 5.41) is 9.62. The van der Waals surface area contributed by atoms with Crippen LogP contribution in [-0.2, 0) is 23.7 Å². The lowest BCUT2D eigenvalue weighted by Gasteiger charge is -2.09. The highest BCUT2D eigenvalue weighted by molar-refractivity contribution is 6.32. The van der Waals surface area contributed by atoms with Gasteiger partial charge in [0, 0.05) is 0 Å². The lowest BCUT2D eigenvalue weighted by Crippen LogP contribution is -2.22. The third kappa shape index (κ3) is 3.89. The molecular formula is C12H10ClF6N5O. The number of aromatic nitrogens is 4. The molecule has 0 spiro atoms. The Morgan fingerprint density at radius 2 is 1.72 bits per heavy atom. The maximum atomic E-state index is 12.8. The molecule has 0 aliphatic rings. The fourth-order valence-electron chi connectivity index (χ4n) is 1.96. The number of alkyl halides is 6. The molecule has 138 valence electrons. The van der Waals surface area contributed by atoms with Crippen molar-refractivity contribution in [3.63, 3.8) is 0 Å². The van der Waals surface area contributed by atoms with Crippen LogP contribution in [0.1, 0.15) is 22.8 Å². The topological polar surface area (TPSA) is 75.6 Å². The van der Waals surface area contributed by atoms with Gasteiger partial charge in [-0.15, -0.1) is 0 Å². The predicted octanol–water partition coefficient (Wildman–Crippen LogP) is 3.55. The van der Waals surface area contributed by atoms with Crippen molar-refractivity contribution >= 4 is 23.2 Å². The summed E-state index contributed by atoms with van der Waals surface area (Å²) in [6, 6.07) is 0. The standard InChI is InChI=1S/C12H10ClF6N5O/c1-4-8(10(22-21-4)12(17,18)19)20-6(25)3-24-5(2)7(13)9(23-24)11(14,15)16/h3H2,1-2H3,(H,20,25)(H,21,22). The van der Waals surface area contributed by atoms with E-state index in [-0.39, 0.29) is 11.4 Å². The second-order valence-electron chi connectivity index (χ2n) is 5.02. The Labute approximate surface area is 141 Å². The van der Waals surface area contributed by atoms with Crippen molar-refractivity contribution in [3.05, 3.63) is 27.8 Å². The number of carbonyl (C=O) groups is 1. The van der Waals surface area contributed by atoms with Crippen LogP contribution in [0, 0.1) is 13.8 Å². The molecule has 0 fully saturated rings. The van der Waals surface area contributed by atoms with E-state index in [2.05, 4.69) is 15.3 Å². The van der Waals surface area contributed by atoms with Crippen molar-refractivity contribution in [1.82, 2.24) is 20.0 Å². The minimum absolute atomic E-state index is 0.0631. The Kier molecular flexibility index (Phi) is 4.77. The van der Waals surface area contributed by atoms with Crippen molar-refractivity contribution in [2.75, 3.05) is 5.32 Å². The van der Waals surface area contributed by atoms with Gasteiger partial charge < -0.3 is 5.32 Å². The smallest absolute Gasteiger partial charge is 0.321 e. The van der Waals surface area contributed by atoms with Gasteiger partial charge in [-0.3, -0.25) is 14.6 Å². The molecule has 13 heteroatoms. The molecule has 0 aliphatic heterocycles. The van der Waals surface area contributed by atoms with Gasteiger partial charge in [0.25, 0.3) is 0 Å². The minimum atomic E-state index is -4.83. The first-order chi connectivity index (χ1) is 11.3. The van der Waals surface area contributed by atoms with E-state index >= 15 is 0 Å². The first kappa shape index (κ1) is 19.1. The van der Waals surface area contributed by atoms with Crippen LogP contribution in [0.3, 0.4) is 0 Å². The average molecular weight is 390 g/mol. The molecule has 0 bridgehead atoms. The molecule has 6 nitrogen and oxygen atoms in total. The Morgan fingerprint density at radius 1 is 1.16 bits per heavy atom. The molecule has 0 saturated carbocycles. The molecule has 1 amide bonds. The molecule has 0 saturated heterocycles. The maximum Gasteiger partial charge on any atom is 0.437 e. The van der Waals surface area contributed by atoms with Gasteiger partial charge in [-0.25, -0.2) is 0 Å². The number of amides is 1. The number of aryl methyl sites for hydroxylation is 1. The number of hydrogen-bond acceptors (Lipinski definition) is 3. The van der Waals surface area contributed by atoms with Crippen LogP contribution in [0.4, 0.5) is 32.0 Å². The zero-order chi connectivity index (χ0) is 19.2. The number of nitrogens with one attached hydrogen (secondary N) is 2. The van der Waals surface area contributed by atoms with E-state index in [9.17, 15) is 31.1 Å². The SMILES string of the molecule is Cc1[nH]nc(C(F)(F)F)c1NC(=O)Cn1nc(C(F)(F)F)c(Cl)c1C. The van der Waals surface area contributed by atoms with Crippen molar-refractivity contribution in [2.45, 2.75) is 32.7 Å². The Hall–Kier alpha value is -2.24. The number of halogens is 7. The first-order valence-electron chi connectivity index (χ1n) is 6.54. The van der Waals surface area contributed by atoms with E-state index in [0.29, 0.717) is 4.68 Å². The fourth-order valence-corrected chi connectivity index (χ4v) is 2.20. The van der Waals surface area contributed by atoms with Crippen molar-refractivity contribution in [1.29, 1.82) is 0 Å². The number of aromatic amines is 1. The molecule has 2 heterocycles. The quantitative estimate of drug-likeness (QED) is 0.788. The normalized spacial score (nSPS) is 12.5. The highest BCUT2D eigenvalue weighted by Crippen LogP contribution is 2.36. The molecule has 0 unspecified atom stereocenters.